The topological polar surface area (TPSA) is 78.1 Å². The Labute approximate surface area is 166 Å². The lowest BCUT2D eigenvalue weighted by Crippen LogP contribution is -2.22. The van der Waals surface area contributed by atoms with Crippen molar-refractivity contribution in [3.63, 3.8) is 0 Å². The first-order chi connectivity index (χ1) is 13.5. The van der Waals surface area contributed by atoms with Gasteiger partial charge in [-0.3, -0.25) is 0 Å². The maximum Gasteiger partial charge on any atom is 0.193 e. The molecule has 0 spiro atoms. The number of hydrogen-bond acceptors (Lipinski definition) is 4. The highest BCUT2D eigenvalue weighted by molar-refractivity contribution is 5.92. The summed E-state index contributed by atoms with van der Waals surface area (Å²) in [6, 6.07) is 11.8. The fourth-order valence-electron chi connectivity index (χ4n) is 2.80. The first kappa shape index (κ1) is 19.9. The van der Waals surface area contributed by atoms with E-state index in [0.29, 0.717) is 25.7 Å². The van der Waals surface area contributed by atoms with Crippen LogP contribution in [0.15, 0.2) is 41.4 Å². The van der Waals surface area contributed by atoms with Crippen molar-refractivity contribution in [1.82, 2.24) is 0 Å². The van der Waals surface area contributed by atoms with E-state index in [0.717, 1.165) is 46.9 Å². The lowest BCUT2D eigenvalue weighted by Gasteiger charge is -2.16. The average molecular weight is 383 g/mol. The normalized spacial score (nSPS) is 14.9. The number of ether oxygens (including phenoxy) is 3. The molecule has 1 aliphatic heterocycles. The minimum atomic E-state index is 0.154. The van der Waals surface area contributed by atoms with Crippen molar-refractivity contribution < 1.29 is 14.2 Å². The van der Waals surface area contributed by atoms with E-state index in [-0.39, 0.29) is 6.10 Å². The van der Waals surface area contributed by atoms with Gasteiger partial charge in [0, 0.05) is 23.7 Å². The van der Waals surface area contributed by atoms with E-state index >= 15 is 0 Å². The standard InChI is InChI=1S/C22H29N3O3/c1-4-16(3)28-20-12-15(2)6-7-17(20)14-24-22(23)25-18-8-9-19-21(13-18)27-11-5-10-26-19/h6-9,12-13,16H,4-5,10-11,14H2,1-3H3,(H3,23,24,25). The maximum atomic E-state index is 6.09. The van der Waals surface area contributed by atoms with Crippen molar-refractivity contribution >= 4 is 11.6 Å². The van der Waals surface area contributed by atoms with E-state index in [1.165, 1.54) is 0 Å². The van der Waals surface area contributed by atoms with Crippen LogP contribution in [0.25, 0.3) is 0 Å². The van der Waals surface area contributed by atoms with Crippen molar-refractivity contribution in [2.24, 2.45) is 10.7 Å². The third-order valence-electron chi connectivity index (χ3n) is 4.57. The number of benzene rings is 2. The van der Waals surface area contributed by atoms with Gasteiger partial charge in [0.1, 0.15) is 5.75 Å². The first-order valence-electron chi connectivity index (χ1n) is 9.78. The fourth-order valence-corrected chi connectivity index (χ4v) is 2.80. The van der Waals surface area contributed by atoms with Gasteiger partial charge in [0.25, 0.3) is 0 Å². The summed E-state index contributed by atoms with van der Waals surface area (Å²) in [5, 5.41) is 3.12. The number of nitrogens with zero attached hydrogens (tertiary/aromatic N) is 1. The zero-order chi connectivity index (χ0) is 19.9. The number of fused-ring (bicyclic) bond motifs is 1. The molecule has 3 rings (SSSR count). The molecule has 6 nitrogen and oxygen atoms in total. The lowest BCUT2D eigenvalue weighted by molar-refractivity contribution is 0.215. The van der Waals surface area contributed by atoms with Crippen LogP contribution in [0.2, 0.25) is 0 Å². The molecular formula is C22H29N3O3. The molecular weight excluding hydrogens is 354 g/mol. The number of rotatable bonds is 6. The van der Waals surface area contributed by atoms with E-state index in [1.54, 1.807) is 0 Å². The van der Waals surface area contributed by atoms with Gasteiger partial charge in [-0.25, -0.2) is 4.99 Å². The molecule has 0 radical (unpaired) electrons. The summed E-state index contributed by atoms with van der Waals surface area (Å²) in [6.07, 6.45) is 1.98. The number of hydrogen-bond donors (Lipinski definition) is 2. The molecule has 1 atom stereocenters. The van der Waals surface area contributed by atoms with Gasteiger partial charge in [-0.1, -0.05) is 19.1 Å². The maximum absolute atomic E-state index is 6.09. The molecule has 3 N–H and O–H groups in total. The number of nitrogens with one attached hydrogen (secondary N) is 1. The zero-order valence-electron chi connectivity index (χ0n) is 16.8. The number of aliphatic imine (C=N–C) groups is 1. The third kappa shape index (κ3) is 5.31. The van der Waals surface area contributed by atoms with Gasteiger partial charge in [0.2, 0.25) is 0 Å². The molecule has 0 aromatic heterocycles. The third-order valence-corrected chi connectivity index (χ3v) is 4.57. The Morgan fingerprint density at radius 3 is 2.75 bits per heavy atom. The van der Waals surface area contributed by atoms with Crippen LogP contribution in [0.4, 0.5) is 5.69 Å². The Morgan fingerprint density at radius 1 is 1.18 bits per heavy atom. The number of aryl methyl sites for hydroxylation is 1. The van der Waals surface area contributed by atoms with E-state index < -0.39 is 0 Å². The van der Waals surface area contributed by atoms with Crippen LogP contribution in [0.1, 0.15) is 37.8 Å². The van der Waals surface area contributed by atoms with Gasteiger partial charge in [0.15, 0.2) is 17.5 Å². The summed E-state index contributed by atoms with van der Waals surface area (Å²) in [4.78, 5) is 4.47. The summed E-state index contributed by atoms with van der Waals surface area (Å²) >= 11 is 0. The highest BCUT2D eigenvalue weighted by atomic mass is 16.5. The second-order valence-electron chi connectivity index (χ2n) is 6.99. The molecule has 1 heterocycles. The van der Waals surface area contributed by atoms with Gasteiger partial charge in [-0.2, -0.15) is 0 Å². The highest BCUT2D eigenvalue weighted by Gasteiger charge is 2.11. The second kappa shape index (κ2) is 9.35. The van der Waals surface area contributed by atoms with Crippen LogP contribution in [-0.2, 0) is 6.54 Å². The van der Waals surface area contributed by atoms with Crippen LogP contribution in [0, 0.1) is 6.92 Å². The van der Waals surface area contributed by atoms with E-state index in [9.17, 15) is 0 Å². The molecule has 28 heavy (non-hydrogen) atoms. The summed E-state index contributed by atoms with van der Waals surface area (Å²) in [5.41, 5.74) is 9.07. The van der Waals surface area contributed by atoms with Crippen molar-refractivity contribution in [3.05, 3.63) is 47.5 Å². The SMILES string of the molecule is CCC(C)Oc1cc(C)ccc1CN=C(N)Nc1ccc2c(c1)OCCCO2. The predicted octanol–water partition coefficient (Wildman–Crippen LogP) is 4.26. The Bertz CT molecular complexity index is 836. The highest BCUT2D eigenvalue weighted by Crippen LogP contribution is 2.32. The molecule has 0 fully saturated rings. The molecule has 0 aliphatic carbocycles. The Kier molecular flexibility index (Phi) is 6.63. The molecule has 2 aromatic rings. The molecule has 0 saturated heterocycles. The van der Waals surface area contributed by atoms with Crippen molar-refractivity contribution in [2.75, 3.05) is 18.5 Å². The monoisotopic (exact) mass is 383 g/mol. The number of guanidine groups is 1. The Balaban J connectivity index is 1.69. The van der Waals surface area contributed by atoms with Crippen molar-refractivity contribution in [2.45, 2.75) is 46.3 Å². The summed E-state index contributed by atoms with van der Waals surface area (Å²) in [5.74, 6) is 2.68. The van der Waals surface area contributed by atoms with Gasteiger partial charge in [0.05, 0.1) is 25.9 Å². The molecule has 1 aliphatic rings. The summed E-state index contributed by atoms with van der Waals surface area (Å²) in [6.45, 7) is 7.98. The smallest absolute Gasteiger partial charge is 0.193 e. The van der Waals surface area contributed by atoms with Crippen molar-refractivity contribution in [3.8, 4) is 17.2 Å². The number of anilines is 1. The summed E-state index contributed by atoms with van der Waals surface area (Å²) < 4.78 is 17.4. The molecule has 0 amide bonds. The molecule has 6 heteroatoms. The van der Waals surface area contributed by atoms with Crippen LogP contribution < -0.4 is 25.3 Å². The van der Waals surface area contributed by atoms with E-state index in [2.05, 4.69) is 37.1 Å². The van der Waals surface area contributed by atoms with Crippen molar-refractivity contribution in [1.29, 1.82) is 0 Å². The minimum absolute atomic E-state index is 0.154. The average Bonchev–Trinajstić information content (AvgIpc) is 2.92. The second-order valence-corrected chi connectivity index (χ2v) is 6.99. The predicted molar refractivity (Wildman–Crippen MR) is 113 cm³/mol. The van der Waals surface area contributed by atoms with Crippen LogP contribution in [0.3, 0.4) is 0 Å². The molecule has 0 saturated carbocycles. The van der Waals surface area contributed by atoms with Gasteiger partial charge >= 0.3 is 0 Å². The largest absolute Gasteiger partial charge is 0.490 e. The van der Waals surface area contributed by atoms with Crippen LogP contribution >= 0.6 is 0 Å². The molecule has 2 aromatic carbocycles. The fraction of sp³-hybridized carbons (Fsp3) is 0.409. The molecule has 0 bridgehead atoms. The number of nitrogens with two attached hydrogens (primary N) is 1. The molecule has 1 unspecified atom stereocenters. The Morgan fingerprint density at radius 2 is 1.96 bits per heavy atom. The zero-order valence-corrected chi connectivity index (χ0v) is 16.8. The lowest BCUT2D eigenvalue weighted by atomic mass is 10.1. The van der Waals surface area contributed by atoms with E-state index in [1.807, 2.05) is 30.3 Å². The van der Waals surface area contributed by atoms with Gasteiger partial charge < -0.3 is 25.3 Å². The van der Waals surface area contributed by atoms with E-state index in [4.69, 9.17) is 19.9 Å². The Hall–Kier alpha value is -2.89. The van der Waals surface area contributed by atoms with Crippen LogP contribution in [-0.4, -0.2) is 25.3 Å². The molecule has 150 valence electrons. The van der Waals surface area contributed by atoms with Crippen LogP contribution in [0.5, 0.6) is 17.2 Å². The van der Waals surface area contributed by atoms with Gasteiger partial charge in [-0.05, 0) is 44.0 Å². The van der Waals surface area contributed by atoms with Gasteiger partial charge in [-0.15, -0.1) is 0 Å². The minimum Gasteiger partial charge on any atom is -0.490 e. The first-order valence-corrected chi connectivity index (χ1v) is 9.78. The quantitative estimate of drug-likeness (QED) is 0.576. The summed E-state index contributed by atoms with van der Waals surface area (Å²) in [7, 11) is 0.